The van der Waals surface area contributed by atoms with E-state index in [0.29, 0.717) is 10.6 Å². The first-order chi connectivity index (χ1) is 17.0. The minimum atomic E-state index is -0.714. The standard InChI is InChI=1S/C26H22Br2Cl2N2O4/c1-11-3-4-13(7-12(11)2)19(33)10-31(24(34)15-6-5-14(29)8-18(15)30)32-25(35)20-16-9-17(21(20)26(32)36)23(28)22(16)27/h3-8,16-17,20-23H,9-10H2,1-2H3/t16-,17-,20-,21+,22+,23+/m1/s1. The Bertz CT molecular complexity index is 1290. The third-order valence-corrected chi connectivity index (χ3v) is 11.5. The molecule has 0 spiro atoms. The predicted octanol–water partition coefficient (Wildman–Crippen LogP) is 5.63. The zero-order valence-electron chi connectivity index (χ0n) is 19.4. The van der Waals surface area contributed by atoms with Crippen molar-refractivity contribution in [3.8, 4) is 0 Å². The highest BCUT2D eigenvalue weighted by Crippen LogP contribution is 2.60. The number of Topliss-reactive ketones (excluding diaryl/α,β-unsaturated/α-hetero) is 1. The number of aryl methyl sites for hydroxylation is 2. The summed E-state index contributed by atoms with van der Waals surface area (Å²) in [5.74, 6) is -3.14. The number of fused-ring (bicyclic) bond motifs is 5. The number of hydrogen-bond donors (Lipinski definition) is 0. The largest absolute Gasteiger partial charge is 0.292 e. The number of benzene rings is 2. The lowest BCUT2D eigenvalue weighted by Crippen LogP contribution is -2.52. The lowest BCUT2D eigenvalue weighted by Gasteiger charge is -2.31. The van der Waals surface area contributed by atoms with E-state index in [1.165, 1.54) is 18.2 Å². The molecule has 3 amide bonds. The number of nitrogens with zero attached hydrogens (tertiary/aromatic N) is 2. The highest BCUT2D eigenvalue weighted by atomic mass is 79.9. The minimum Gasteiger partial charge on any atom is -0.292 e. The maximum Gasteiger partial charge on any atom is 0.274 e. The molecule has 6 nitrogen and oxygen atoms in total. The van der Waals surface area contributed by atoms with E-state index in [0.717, 1.165) is 27.6 Å². The van der Waals surface area contributed by atoms with Crippen LogP contribution in [0.4, 0.5) is 0 Å². The van der Waals surface area contributed by atoms with Gasteiger partial charge in [-0.25, -0.2) is 5.01 Å². The number of hydrogen-bond acceptors (Lipinski definition) is 4. The molecule has 2 aromatic carbocycles. The Balaban J connectivity index is 1.53. The van der Waals surface area contributed by atoms with Gasteiger partial charge in [-0.15, -0.1) is 0 Å². The molecule has 36 heavy (non-hydrogen) atoms. The molecule has 2 bridgehead atoms. The summed E-state index contributed by atoms with van der Waals surface area (Å²) in [5, 5.41) is 2.25. The third-order valence-electron chi connectivity index (χ3n) is 7.72. The Morgan fingerprint density at radius 2 is 1.56 bits per heavy atom. The molecule has 0 N–H and O–H groups in total. The van der Waals surface area contributed by atoms with Crippen LogP contribution in [-0.4, -0.2) is 49.7 Å². The van der Waals surface area contributed by atoms with Crippen LogP contribution >= 0.6 is 55.1 Å². The van der Waals surface area contributed by atoms with E-state index in [1.807, 2.05) is 19.9 Å². The number of carbonyl (C=O) groups excluding carboxylic acids is 4. The molecule has 1 aliphatic heterocycles. The molecule has 1 heterocycles. The molecule has 188 valence electrons. The second-order valence-corrected chi connectivity index (χ2v) is 12.7. The van der Waals surface area contributed by atoms with Gasteiger partial charge in [0.2, 0.25) is 0 Å². The summed E-state index contributed by atoms with van der Waals surface area (Å²) in [5.41, 5.74) is 2.38. The smallest absolute Gasteiger partial charge is 0.274 e. The summed E-state index contributed by atoms with van der Waals surface area (Å²) in [6, 6.07) is 9.58. The summed E-state index contributed by atoms with van der Waals surface area (Å²) in [6.07, 6.45) is 0.755. The maximum absolute atomic E-state index is 13.8. The maximum atomic E-state index is 13.8. The second kappa shape index (κ2) is 9.53. The molecular formula is C26H22Br2Cl2N2O4. The van der Waals surface area contributed by atoms with Crippen LogP contribution in [0.3, 0.4) is 0 Å². The van der Waals surface area contributed by atoms with Crippen molar-refractivity contribution in [2.45, 2.75) is 29.9 Å². The molecule has 3 fully saturated rings. The molecule has 2 aliphatic carbocycles. The van der Waals surface area contributed by atoms with Gasteiger partial charge in [-0.1, -0.05) is 67.2 Å². The number of rotatable bonds is 5. The first kappa shape index (κ1) is 25.9. The molecule has 2 saturated carbocycles. The number of carbonyl (C=O) groups is 4. The van der Waals surface area contributed by atoms with Gasteiger partial charge in [0, 0.05) is 20.2 Å². The zero-order chi connectivity index (χ0) is 26.0. The molecule has 0 unspecified atom stereocenters. The lowest BCUT2D eigenvalue weighted by molar-refractivity contribution is -0.154. The van der Waals surface area contributed by atoms with E-state index < -0.39 is 41.9 Å². The van der Waals surface area contributed by atoms with Crippen LogP contribution < -0.4 is 0 Å². The van der Waals surface area contributed by atoms with Crippen LogP contribution in [0.5, 0.6) is 0 Å². The van der Waals surface area contributed by atoms with Gasteiger partial charge in [-0.2, -0.15) is 5.01 Å². The van der Waals surface area contributed by atoms with Crippen LogP contribution in [0, 0.1) is 37.5 Å². The fraction of sp³-hybridized carbons (Fsp3) is 0.385. The minimum absolute atomic E-state index is 0.0302. The van der Waals surface area contributed by atoms with Gasteiger partial charge in [-0.05, 0) is 67.5 Å². The van der Waals surface area contributed by atoms with E-state index in [1.54, 1.807) is 12.1 Å². The van der Waals surface area contributed by atoms with Gasteiger partial charge in [-0.3, -0.25) is 19.2 Å². The summed E-state index contributed by atoms with van der Waals surface area (Å²) in [4.78, 5) is 54.6. The monoisotopic (exact) mass is 654 g/mol. The summed E-state index contributed by atoms with van der Waals surface area (Å²) in [6.45, 7) is 3.34. The van der Waals surface area contributed by atoms with Crippen LogP contribution in [0.25, 0.3) is 0 Å². The van der Waals surface area contributed by atoms with Crippen molar-refractivity contribution in [3.63, 3.8) is 0 Å². The predicted molar refractivity (Wildman–Crippen MR) is 144 cm³/mol. The molecule has 10 heteroatoms. The van der Waals surface area contributed by atoms with Gasteiger partial charge in [0.05, 0.1) is 22.4 Å². The Morgan fingerprint density at radius 1 is 0.944 bits per heavy atom. The van der Waals surface area contributed by atoms with E-state index in [4.69, 9.17) is 23.2 Å². The lowest BCUT2D eigenvalue weighted by atomic mass is 9.81. The van der Waals surface area contributed by atoms with Crippen LogP contribution in [0.15, 0.2) is 36.4 Å². The third kappa shape index (κ3) is 4.05. The highest BCUT2D eigenvalue weighted by molar-refractivity contribution is 9.12. The summed E-state index contributed by atoms with van der Waals surface area (Å²) in [7, 11) is 0. The first-order valence-electron chi connectivity index (χ1n) is 11.5. The Hall–Kier alpha value is -1.74. The molecule has 6 atom stereocenters. The van der Waals surface area contributed by atoms with Gasteiger partial charge in [0.15, 0.2) is 5.78 Å². The van der Waals surface area contributed by atoms with Crippen LogP contribution in [-0.2, 0) is 9.59 Å². The molecule has 1 saturated heterocycles. The number of imide groups is 1. The average molecular weight is 657 g/mol. The number of hydrazine groups is 1. The Kier molecular flexibility index (Phi) is 6.86. The van der Waals surface area contributed by atoms with Gasteiger partial charge in [0.25, 0.3) is 17.7 Å². The molecule has 5 rings (SSSR count). The van der Waals surface area contributed by atoms with Crippen molar-refractivity contribution in [3.05, 3.63) is 68.7 Å². The first-order valence-corrected chi connectivity index (χ1v) is 14.1. The van der Waals surface area contributed by atoms with Crippen molar-refractivity contribution in [2.24, 2.45) is 23.7 Å². The molecule has 0 aromatic heterocycles. The van der Waals surface area contributed by atoms with Gasteiger partial charge in [0.1, 0.15) is 6.54 Å². The number of alkyl halides is 2. The molecular weight excluding hydrogens is 635 g/mol. The van der Waals surface area contributed by atoms with Crippen molar-refractivity contribution >= 4 is 78.6 Å². The Labute approximate surface area is 235 Å². The highest BCUT2D eigenvalue weighted by Gasteiger charge is 2.67. The van der Waals surface area contributed by atoms with Crippen molar-refractivity contribution in [1.29, 1.82) is 0 Å². The second-order valence-electron chi connectivity index (χ2n) is 9.70. The molecule has 2 aromatic rings. The average Bonchev–Trinajstić information content (AvgIpc) is 3.44. The topological polar surface area (TPSA) is 74.8 Å². The Morgan fingerprint density at radius 3 is 2.11 bits per heavy atom. The zero-order valence-corrected chi connectivity index (χ0v) is 24.1. The van der Waals surface area contributed by atoms with E-state index in [2.05, 4.69) is 31.9 Å². The quantitative estimate of drug-likeness (QED) is 0.238. The van der Waals surface area contributed by atoms with Crippen molar-refractivity contribution in [2.75, 3.05) is 6.54 Å². The van der Waals surface area contributed by atoms with Gasteiger partial charge < -0.3 is 0 Å². The van der Waals surface area contributed by atoms with Crippen molar-refractivity contribution < 1.29 is 19.2 Å². The summed E-state index contributed by atoms with van der Waals surface area (Å²) >= 11 is 19.7. The number of ketones is 1. The molecule has 0 radical (unpaired) electrons. The number of amides is 3. The summed E-state index contributed by atoms with van der Waals surface area (Å²) < 4.78 is 0. The SMILES string of the molecule is Cc1ccc(C(=O)CN(C(=O)c2ccc(Cl)cc2Cl)N2C(=O)[C@@H]3[C@H]4C[C@@H]([C@H](Br)[C@H]4Br)[C@@H]3C2=O)cc1C. The number of halogens is 4. The van der Waals surface area contributed by atoms with E-state index >= 15 is 0 Å². The fourth-order valence-electron chi connectivity index (χ4n) is 5.75. The van der Waals surface area contributed by atoms with Crippen molar-refractivity contribution in [1.82, 2.24) is 10.0 Å². The molecule has 3 aliphatic rings. The van der Waals surface area contributed by atoms with E-state index in [-0.39, 0.29) is 32.1 Å². The normalized spacial score (nSPS) is 28.6. The fourth-order valence-corrected chi connectivity index (χ4v) is 8.11. The van der Waals surface area contributed by atoms with Crippen LogP contribution in [0.1, 0.15) is 38.3 Å². The van der Waals surface area contributed by atoms with Crippen LogP contribution in [0.2, 0.25) is 10.0 Å². The van der Waals surface area contributed by atoms with E-state index in [9.17, 15) is 19.2 Å². The van der Waals surface area contributed by atoms with Gasteiger partial charge >= 0.3 is 0 Å².